The van der Waals surface area contributed by atoms with Gasteiger partial charge in [-0.15, -0.1) is 0 Å². The number of carboxylic acid groups (broad SMARTS) is 1. The van der Waals surface area contributed by atoms with Gasteiger partial charge in [-0.2, -0.15) is 13.2 Å². The Kier molecular flexibility index (Phi) is 6.66. The van der Waals surface area contributed by atoms with E-state index in [0.717, 1.165) is 12.1 Å². The fraction of sp³-hybridized carbons (Fsp3) is 0.300. The van der Waals surface area contributed by atoms with Gasteiger partial charge in [0.05, 0.1) is 5.56 Å². The first kappa shape index (κ1) is 21.3. The smallest absolute Gasteiger partial charge is 0.416 e. The normalized spacial score (nSPS) is 12.3. The van der Waals surface area contributed by atoms with Crippen LogP contribution in [0.1, 0.15) is 36.0 Å². The molecule has 0 fully saturated rings. The third-order valence-corrected chi connectivity index (χ3v) is 4.13. The molecule has 5 nitrogen and oxygen atoms in total. The van der Waals surface area contributed by atoms with Crippen molar-refractivity contribution in [1.82, 2.24) is 0 Å². The van der Waals surface area contributed by atoms with Crippen molar-refractivity contribution in [2.75, 3.05) is 11.9 Å². The van der Waals surface area contributed by atoms with Crippen molar-refractivity contribution in [1.29, 1.82) is 0 Å². The van der Waals surface area contributed by atoms with Crippen LogP contribution in [0.4, 0.5) is 18.9 Å². The molecular formula is C20H20F3NO4. The quantitative estimate of drug-likeness (QED) is 0.718. The van der Waals surface area contributed by atoms with Gasteiger partial charge in [-0.05, 0) is 54.3 Å². The highest BCUT2D eigenvalue weighted by Crippen LogP contribution is 2.31. The van der Waals surface area contributed by atoms with Gasteiger partial charge in [0.1, 0.15) is 5.75 Å². The second kappa shape index (κ2) is 8.77. The van der Waals surface area contributed by atoms with Gasteiger partial charge in [-0.25, -0.2) is 4.79 Å². The van der Waals surface area contributed by atoms with Gasteiger partial charge in [0.15, 0.2) is 6.61 Å². The fourth-order valence-electron chi connectivity index (χ4n) is 2.61. The Hall–Kier alpha value is -3.03. The standard InChI is InChI=1S/C20H20F3NO4/c1-12(14-3-5-15(6-4-14)20(21,22)23)10-18(25)24-17-8-7-16(9-13(17)2)28-11-19(26)27/h3-9,12H,10-11H2,1-2H3,(H,24,25)(H,26,27). The molecule has 0 bridgehead atoms. The number of nitrogens with one attached hydrogen (secondary N) is 1. The summed E-state index contributed by atoms with van der Waals surface area (Å²) in [5.41, 5.74) is 1.15. The van der Waals surface area contributed by atoms with Crippen LogP contribution in [0.3, 0.4) is 0 Å². The Morgan fingerprint density at radius 1 is 1.14 bits per heavy atom. The number of hydrogen-bond donors (Lipinski definition) is 2. The van der Waals surface area contributed by atoms with E-state index in [1.54, 1.807) is 32.0 Å². The molecular weight excluding hydrogens is 375 g/mol. The number of amides is 1. The van der Waals surface area contributed by atoms with Crippen molar-refractivity contribution < 1.29 is 32.6 Å². The van der Waals surface area contributed by atoms with Crippen LogP contribution < -0.4 is 10.1 Å². The number of benzene rings is 2. The number of carboxylic acids is 1. The zero-order valence-electron chi connectivity index (χ0n) is 15.3. The molecule has 0 spiro atoms. The van der Waals surface area contributed by atoms with E-state index in [1.165, 1.54) is 12.1 Å². The second-order valence-electron chi connectivity index (χ2n) is 6.43. The molecule has 28 heavy (non-hydrogen) atoms. The summed E-state index contributed by atoms with van der Waals surface area (Å²) >= 11 is 0. The first-order valence-corrected chi connectivity index (χ1v) is 8.48. The van der Waals surface area contributed by atoms with Gasteiger partial charge in [0, 0.05) is 12.1 Å². The summed E-state index contributed by atoms with van der Waals surface area (Å²) in [5.74, 6) is -1.27. The third-order valence-electron chi connectivity index (χ3n) is 4.13. The summed E-state index contributed by atoms with van der Waals surface area (Å²) in [6, 6.07) is 9.52. The van der Waals surface area contributed by atoms with E-state index < -0.39 is 24.3 Å². The summed E-state index contributed by atoms with van der Waals surface area (Å²) in [4.78, 5) is 22.8. The second-order valence-corrected chi connectivity index (χ2v) is 6.43. The number of ether oxygens (including phenoxy) is 1. The largest absolute Gasteiger partial charge is 0.482 e. The van der Waals surface area contributed by atoms with E-state index in [4.69, 9.17) is 9.84 Å². The van der Waals surface area contributed by atoms with Crippen molar-refractivity contribution in [3.05, 3.63) is 59.2 Å². The third kappa shape index (κ3) is 6.00. The van der Waals surface area contributed by atoms with Crippen molar-refractivity contribution in [2.24, 2.45) is 0 Å². The molecule has 0 radical (unpaired) electrons. The van der Waals surface area contributed by atoms with Gasteiger partial charge < -0.3 is 15.2 Å². The predicted octanol–water partition coefficient (Wildman–Crippen LogP) is 4.61. The number of rotatable bonds is 7. The summed E-state index contributed by atoms with van der Waals surface area (Å²) in [6.07, 6.45) is -4.29. The molecule has 0 aliphatic rings. The van der Waals surface area contributed by atoms with Crippen molar-refractivity contribution >= 4 is 17.6 Å². The Labute approximate surface area is 160 Å². The maximum atomic E-state index is 12.6. The zero-order valence-corrected chi connectivity index (χ0v) is 15.3. The lowest BCUT2D eigenvalue weighted by Gasteiger charge is -2.15. The SMILES string of the molecule is Cc1cc(OCC(=O)O)ccc1NC(=O)CC(C)c1ccc(C(F)(F)F)cc1. The Morgan fingerprint density at radius 2 is 1.79 bits per heavy atom. The maximum absolute atomic E-state index is 12.6. The number of alkyl halides is 3. The van der Waals surface area contributed by atoms with Crippen LogP contribution >= 0.6 is 0 Å². The molecule has 2 aromatic carbocycles. The van der Waals surface area contributed by atoms with E-state index >= 15 is 0 Å². The van der Waals surface area contributed by atoms with Crippen LogP contribution in [0, 0.1) is 6.92 Å². The molecule has 150 valence electrons. The molecule has 0 aromatic heterocycles. The number of aryl methyl sites for hydroxylation is 1. The Bertz CT molecular complexity index is 848. The fourth-order valence-corrected chi connectivity index (χ4v) is 2.61. The molecule has 0 saturated heterocycles. The van der Waals surface area contributed by atoms with Gasteiger partial charge >= 0.3 is 12.1 Å². The Balaban J connectivity index is 1.96. The molecule has 8 heteroatoms. The van der Waals surface area contributed by atoms with Crippen LogP contribution in [0.2, 0.25) is 0 Å². The summed E-state index contributed by atoms with van der Waals surface area (Å²) in [7, 11) is 0. The number of hydrogen-bond acceptors (Lipinski definition) is 3. The summed E-state index contributed by atoms with van der Waals surface area (Å²) < 4.78 is 42.9. The Morgan fingerprint density at radius 3 is 2.32 bits per heavy atom. The van der Waals surface area contributed by atoms with Crippen LogP contribution in [0.5, 0.6) is 5.75 Å². The lowest BCUT2D eigenvalue weighted by Crippen LogP contribution is -2.15. The lowest BCUT2D eigenvalue weighted by atomic mass is 9.96. The molecule has 1 unspecified atom stereocenters. The maximum Gasteiger partial charge on any atom is 0.416 e. The van der Waals surface area contributed by atoms with E-state index in [2.05, 4.69) is 5.32 Å². The highest BCUT2D eigenvalue weighted by Gasteiger charge is 2.30. The topological polar surface area (TPSA) is 75.6 Å². The highest BCUT2D eigenvalue weighted by molar-refractivity contribution is 5.92. The number of carbonyl (C=O) groups excluding carboxylic acids is 1. The molecule has 2 aromatic rings. The molecule has 2 rings (SSSR count). The minimum atomic E-state index is -4.39. The molecule has 0 saturated carbocycles. The average Bonchev–Trinajstić information content (AvgIpc) is 2.61. The number of aliphatic carboxylic acids is 1. The van der Waals surface area contributed by atoms with Gasteiger partial charge in [0.25, 0.3) is 0 Å². The van der Waals surface area contributed by atoms with E-state index in [-0.39, 0.29) is 18.2 Å². The van der Waals surface area contributed by atoms with Crippen molar-refractivity contribution in [3.63, 3.8) is 0 Å². The first-order valence-electron chi connectivity index (χ1n) is 8.48. The monoisotopic (exact) mass is 395 g/mol. The molecule has 2 N–H and O–H groups in total. The molecule has 0 aliphatic carbocycles. The lowest BCUT2D eigenvalue weighted by molar-refractivity contribution is -0.139. The zero-order chi connectivity index (χ0) is 20.9. The number of carbonyl (C=O) groups is 2. The van der Waals surface area contributed by atoms with Crippen LogP contribution in [-0.4, -0.2) is 23.6 Å². The van der Waals surface area contributed by atoms with Gasteiger partial charge in [-0.3, -0.25) is 4.79 Å². The minimum Gasteiger partial charge on any atom is -0.482 e. The van der Waals surface area contributed by atoms with E-state index in [9.17, 15) is 22.8 Å². The number of halogens is 3. The van der Waals surface area contributed by atoms with Crippen molar-refractivity contribution in [3.8, 4) is 5.75 Å². The van der Waals surface area contributed by atoms with Crippen molar-refractivity contribution in [2.45, 2.75) is 32.4 Å². The molecule has 0 heterocycles. The molecule has 0 aliphatic heterocycles. The van der Waals surface area contributed by atoms with Crippen LogP contribution in [0.25, 0.3) is 0 Å². The summed E-state index contributed by atoms with van der Waals surface area (Å²) in [6.45, 7) is 3.04. The van der Waals surface area contributed by atoms with E-state index in [1.807, 2.05) is 0 Å². The minimum absolute atomic E-state index is 0.0993. The number of anilines is 1. The average molecular weight is 395 g/mol. The van der Waals surface area contributed by atoms with Crippen LogP contribution in [0.15, 0.2) is 42.5 Å². The summed E-state index contributed by atoms with van der Waals surface area (Å²) in [5, 5.41) is 11.4. The van der Waals surface area contributed by atoms with E-state index in [0.29, 0.717) is 22.6 Å². The molecule has 1 amide bonds. The predicted molar refractivity (Wildman–Crippen MR) is 97.4 cm³/mol. The van der Waals surface area contributed by atoms with Gasteiger partial charge in [-0.1, -0.05) is 19.1 Å². The van der Waals surface area contributed by atoms with Gasteiger partial charge in [0.2, 0.25) is 5.91 Å². The highest BCUT2D eigenvalue weighted by atomic mass is 19.4. The molecule has 1 atom stereocenters. The van der Waals surface area contributed by atoms with Crippen LogP contribution in [-0.2, 0) is 15.8 Å². The first-order chi connectivity index (χ1) is 13.1.